The lowest BCUT2D eigenvalue weighted by molar-refractivity contribution is 0.574. The van der Waals surface area contributed by atoms with Crippen molar-refractivity contribution in [3.63, 3.8) is 0 Å². The molecule has 142 valence electrons. The van der Waals surface area contributed by atoms with E-state index in [4.69, 9.17) is 4.42 Å². The number of nitrogens with zero attached hydrogens (tertiary/aromatic N) is 4. The minimum Gasteiger partial charge on any atom is -0.463 e. The molecule has 11 heteroatoms. The maximum Gasteiger partial charge on any atom is 0.240 e. The standard InChI is InChI=1S/C17H13FN6O3S/c18-14-6-5-12(9-13(14)17-21-23-24-22-17)28(25,26)20-10-11-3-1-7-19-16(11)15-4-2-8-27-15/h1-9,20H,10H2,(H,21,22,23,24). The van der Waals surface area contributed by atoms with E-state index < -0.39 is 15.8 Å². The number of furan rings is 1. The molecular weight excluding hydrogens is 387 g/mol. The Morgan fingerprint density at radius 3 is 2.82 bits per heavy atom. The second-order valence-electron chi connectivity index (χ2n) is 5.69. The topological polar surface area (TPSA) is 127 Å². The maximum atomic E-state index is 14.0. The Hall–Kier alpha value is -3.44. The average Bonchev–Trinajstić information content (AvgIpc) is 3.41. The highest BCUT2D eigenvalue weighted by Gasteiger charge is 2.19. The first-order valence-corrected chi connectivity index (χ1v) is 9.54. The van der Waals surface area contributed by atoms with Crippen molar-refractivity contribution >= 4 is 10.0 Å². The molecule has 0 amide bonds. The third-order valence-corrected chi connectivity index (χ3v) is 5.33. The number of nitrogens with one attached hydrogen (secondary N) is 2. The van der Waals surface area contributed by atoms with Gasteiger partial charge in [-0.2, -0.15) is 5.21 Å². The number of rotatable bonds is 6. The molecule has 0 atom stereocenters. The van der Waals surface area contributed by atoms with Crippen LogP contribution in [0.4, 0.5) is 4.39 Å². The highest BCUT2D eigenvalue weighted by Crippen LogP contribution is 2.24. The van der Waals surface area contributed by atoms with Gasteiger partial charge in [0.2, 0.25) is 15.8 Å². The number of benzene rings is 1. The summed E-state index contributed by atoms with van der Waals surface area (Å²) in [7, 11) is -3.94. The molecule has 0 radical (unpaired) electrons. The normalized spacial score (nSPS) is 11.6. The van der Waals surface area contributed by atoms with E-state index >= 15 is 0 Å². The number of halogens is 1. The van der Waals surface area contributed by atoms with Gasteiger partial charge in [-0.05, 0) is 47.2 Å². The predicted molar refractivity (Wildman–Crippen MR) is 95.5 cm³/mol. The number of aromatic amines is 1. The molecule has 0 saturated carbocycles. The van der Waals surface area contributed by atoms with E-state index in [2.05, 4.69) is 30.3 Å². The van der Waals surface area contributed by atoms with Crippen LogP contribution in [-0.4, -0.2) is 34.0 Å². The molecule has 0 spiro atoms. The van der Waals surface area contributed by atoms with Crippen molar-refractivity contribution in [2.75, 3.05) is 0 Å². The number of sulfonamides is 1. The van der Waals surface area contributed by atoms with Crippen LogP contribution < -0.4 is 4.72 Å². The zero-order valence-electron chi connectivity index (χ0n) is 14.2. The van der Waals surface area contributed by atoms with Gasteiger partial charge >= 0.3 is 0 Å². The summed E-state index contributed by atoms with van der Waals surface area (Å²) >= 11 is 0. The molecule has 4 rings (SSSR count). The van der Waals surface area contributed by atoms with Crippen molar-refractivity contribution in [2.45, 2.75) is 11.4 Å². The molecule has 0 aliphatic heterocycles. The van der Waals surface area contributed by atoms with E-state index in [1.165, 1.54) is 6.26 Å². The SMILES string of the molecule is O=S(=O)(NCc1cccnc1-c1ccco1)c1ccc(F)c(-c2nn[nH]n2)c1. The van der Waals surface area contributed by atoms with Gasteiger partial charge in [-0.1, -0.05) is 6.07 Å². The second-order valence-corrected chi connectivity index (χ2v) is 7.46. The first kappa shape index (κ1) is 17.9. The van der Waals surface area contributed by atoms with Crippen LogP contribution in [0.1, 0.15) is 5.56 Å². The fourth-order valence-electron chi connectivity index (χ4n) is 2.59. The Bertz CT molecular complexity index is 1190. The fourth-order valence-corrected chi connectivity index (χ4v) is 3.62. The van der Waals surface area contributed by atoms with Crippen molar-refractivity contribution in [1.82, 2.24) is 30.3 Å². The number of pyridine rings is 1. The third kappa shape index (κ3) is 3.52. The minimum atomic E-state index is -3.94. The quantitative estimate of drug-likeness (QED) is 0.508. The van der Waals surface area contributed by atoms with Crippen LogP contribution in [-0.2, 0) is 16.6 Å². The number of H-pyrrole nitrogens is 1. The number of aromatic nitrogens is 5. The van der Waals surface area contributed by atoms with Gasteiger partial charge in [0, 0.05) is 12.7 Å². The molecule has 0 fully saturated rings. The van der Waals surface area contributed by atoms with E-state index in [0.717, 1.165) is 18.2 Å². The number of hydrogen-bond acceptors (Lipinski definition) is 7. The average molecular weight is 400 g/mol. The summed E-state index contributed by atoms with van der Waals surface area (Å²) in [6.07, 6.45) is 3.10. The summed E-state index contributed by atoms with van der Waals surface area (Å²) in [6, 6.07) is 10.2. The molecule has 0 aliphatic rings. The molecule has 0 saturated heterocycles. The van der Waals surface area contributed by atoms with Crippen molar-refractivity contribution in [3.05, 3.63) is 66.3 Å². The number of tetrazole rings is 1. The van der Waals surface area contributed by atoms with Gasteiger partial charge in [0.25, 0.3) is 0 Å². The summed E-state index contributed by atoms with van der Waals surface area (Å²) in [6.45, 7) is -0.0267. The Morgan fingerprint density at radius 2 is 2.07 bits per heavy atom. The molecule has 0 unspecified atom stereocenters. The summed E-state index contributed by atoms with van der Waals surface area (Å²) in [4.78, 5) is 4.12. The molecule has 0 aliphatic carbocycles. The van der Waals surface area contributed by atoms with Gasteiger partial charge in [-0.25, -0.2) is 17.5 Å². The third-order valence-electron chi connectivity index (χ3n) is 3.93. The Balaban J connectivity index is 1.61. The van der Waals surface area contributed by atoms with E-state index in [1.54, 1.807) is 30.5 Å². The molecule has 3 heterocycles. The highest BCUT2D eigenvalue weighted by atomic mass is 32.2. The molecule has 0 bridgehead atoms. The Labute approximate surface area is 158 Å². The van der Waals surface area contributed by atoms with Gasteiger partial charge in [-0.3, -0.25) is 4.98 Å². The lowest BCUT2D eigenvalue weighted by Crippen LogP contribution is -2.23. The smallest absolute Gasteiger partial charge is 0.240 e. The second kappa shape index (κ2) is 7.29. The molecule has 4 aromatic rings. The summed E-state index contributed by atoms with van der Waals surface area (Å²) in [5.74, 6) is -0.175. The zero-order chi connectivity index (χ0) is 19.6. The van der Waals surface area contributed by atoms with Gasteiger partial charge < -0.3 is 4.42 Å². The molecule has 9 nitrogen and oxygen atoms in total. The highest BCUT2D eigenvalue weighted by molar-refractivity contribution is 7.89. The largest absolute Gasteiger partial charge is 0.463 e. The molecule has 28 heavy (non-hydrogen) atoms. The zero-order valence-corrected chi connectivity index (χ0v) is 15.0. The predicted octanol–water partition coefficient (Wildman–Crippen LogP) is 2.14. The van der Waals surface area contributed by atoms with Crippen LogP contribution in [0.25, 0.3) is 22.8 Å². The van der Waals surface area contributed by atoms with Crippen molar-refractivity contribution in [2.24, 2.45) is 0 Å². The Kier molecular flexibility index (Phi) is 4.67. The minimum absolute atomic E-state index is 0.0267. The van der Waals surface area contributed by atoms with Crippen LogP contribution in [0.5, 0.6) is 0 Å². The lowest BCUT2D eigenvalue weighted by Gasteiger charge is -2.10. The van der Waals surface area contributed by atoms with Crippen LogP contribution in [0.15, 0.2) is 64.2 Å². The van der Waals surface area contributed by atoms with Gasteiger partial charge in [0.15, 0.2) is 5.76 Å². The molecular formula is C17H13FN6O3S. The van der Waals surface area contributed by atoms with Crippen molar-refractivity contribution < 1.29 is 17.2 Å². The monoisotopic (exact) mass is 400 g/mol. The van der Waals surface area contributed by atoms with Crippen LogP contribution in [0.3, 0.4) is 0 Å². The number of hydrogen-bond donors (Lipinski definition) is 2. The lowest BCUT2D eigenvalue weighted by atomic mass is 10.1. The van der Waals surface area contributed by atoms with E-state index in [-0.39, 0.29) is 22.8 Å². The molecule has 3 aromatic heterocycles. The summed E-state index contributed by atoms with van der Waals surface area (Å²) in [5, 5.41) is 12.9. The fraction of sp³-hybridized carbons (Fsp3) is 0.0588. The first-order chi connectivity index (χ1) is 13.5. The Morgan fingerprint density at radius 1 is 1.18 bits per heavy atom. The van der Waals surface area contributed by atoms with Crippen molar-refractivity contribution in [1.29, 1.82) is 0 Å². The van der Waals surface area contributed by atoms with E-state index in [0.29, 0.717) is 17.0 Å². The van der Waals surface area contributed by atoms with Crippen LogP contribution in [0, 0.1) is 5.82 Å². The molecule has 2 N–H and O–H groups in total. The van der Waals surface area contributed by atoms with Crippen LogP contribution in [0.2, 0.25) is 0 Å². The van der Waals surface area contributed by atoms with Gasteiger partial charge in [0.1, 0.15) is 11.5 Å². The maximum absolute atomic E-state index is 14.0. The van der Waals surface area contributed by atoms with Crippen molar-refractivity contribution in [3.8, 4) is 22.8 Å². The first-order valence-electron chi connectivity index (χ1n) is 8.05. The van der Waals surface area contributed by atoms with E-state index in [9.17, 15) is 12.8 Å². The summed E-state index contributed by atoms with van der Waals surface area (Å²) < 4.78 is 47.2. The van der Waals surface area contributed by atoms with Gasteiger partial charge in [-0.15, -0.1) is 10.2 Å². The van der Waals surface area contributed by atoms with Gasteiger partial charge in [0.05, 0.1) is 16.7 Å². The van der Waals surface area contributed by atoms with E-state index in [1.807, 2.05) is 0 Å². The van der Waals surface area contributed by atoms with Crippen LogP contribution >= 0.6 is 0 Å². The summed E-state index contributed by atoms with van der Waals surface area (Å²) in [5.41, 5.74) is 1.08. The molecule has 1 aromatic carbocycles.